The van der Waals surface area contributed by atoms with Crippen LogP contribution in [0, 0.1) is 22.7 Å². The maximum absolute atomic E-state index is 9.00. The Labute approximate surface area is 127 Å². The molecule has 0 N–H and O–H groups in total. The standard InChI is InChI=1S/C17H12N2O3/c18-8-12-1-2-16(7-13(12)9-19)22-15-5-3-14(4-6-15)20-10-17-11-21-17/h1-7,17H,10-11H2. The van der Waals surface area contributed by atoms with E-state index < -0.39 is 0 Å². The summed E-state index contributed by atoms with van der Waals surface area (Å²) in [4.78, 5) is 0. The van der Waals surface area contributed by atoms with E-state index in [1.807, 2.05) is 24.3 Å². The molecule has 3 rings (SSSR count). The van der Waals surface area contributed by atoms with Crippen molar-refractivity contribution in [2.24, 2.45) is 0 Å². The third-order valence-electron chi connectivity index (χ3n) is 3.13. The van der Waals surface area contributed by atoms with E-state index in [9.17, 15) is 0 Å². The largest absolute Gasteiger partial charge is 0.491 e. The predicted molar refractivity (Wildman–Crippen MR) is 77.6 cm³/mol. The molecule has 1 aliphatic heterocycles. The fourth-order valence-electron chi connectivity index (χ4n) is 1.87. The zero-order valence-electron chi connectivity index (χ0n) is 11.7. The Kier molecular flexibility index (Phi) is 3.91. The lowest BCUT2D eigenvalue weighted by Crippen LogP contribution is -2.03. The molecule has 0 saturated carbocycles. The average molecular weight is 292 g/mol. The van der Waals surface area contributed by atoms with Crippen molar-refractivity contribution in [3.05, 3.63) is 53.6 Å². The summed E-state index contributed by atoms with van der Waals surface area (Å²) >= 11 is 0. The number of epoxide rings is 1. The Balaban J connectivity index is 1.67. The quantitative estimate of drug-likeness (QED) is 0.791. The van der Waals surface area contributed by atoms with Crippen LogP contribution < -0.4 is 9.47 Å². The number of rotatable bonds is 5. The van der Waals surface area contributed by atoms with Crippen molar-refractivity contribution < 1.29 is 14.2 Å². The number of hydrogen-bond donors (Lipinski definition) is 0. The van der Waals surface area contributed by atoms with Gasteiger partial charge < -0.3 is 14.2 Å². The van der Waals surface area contributed by atoms with Crippen LogP contribution in [0.5, 0.6) is 17.2 Å². The summed E-state index contributed by atoms with van der Waals surface area (Å²) in [5, 5.41) is 17.9. The monoisotopic (exact) mass is 292 g/mol. The van der Waals surface area contributed by atoms with Gasteiger partial charge in [0.05, 0.1) is 17.7 Å². The lowest BCUT2D eigenvalue weighted by Gasteiger charge is -2.08. The van der Waals surface area contributed by atoms with Crippen molar-refractivity contribution in [2.45, 2.75) is 6.10 Å². The van der Waals surface area contributed by atoms with Gasteiger partial charge in [0.15, 0.2) is 0 Å². The summed E-state index contributed by atoms with van der Waals surface area (Å²) in [6.45, 7) is 1.32. The minimum atomic E-state index is 0.221. The second kappa shape index (κ2) is 6.17. The van der Waals surface area contributed by atoms with Crippen LogP contribution in [0.15, 0.2) is 42.5 Å². The fraction of sp³-hybridized carbons (Fsp3) is 0.176. The SMILES string of the molecule is N#Cc1ccc(Oc2ccc(OCC3CO3)cc2)cc1C#N. The summed E-state index contributed by atoms with van der Waals surface area (Å²) in [5.41, 5.74) is 0.630. The Morgan fingerprint density at radius 1 is 0.955 bits per heavy atom. The maximum atomic E-state index is 9.00. The van der Waals surface area contributed by atoms with Gasteiger partial charge in [-0.3, -0.25) is 0 Å². The summed E-state index contributed by atoms with van der Waals surface area (Å²) in [7, 11) is 0. The summed E-state index contributed by atoms with van der Waals surface area (Å²) in [6.07, 6.45) is 0.221. The number of benzene rings is 2. The molecule has 0 radical (unpaired) electrons. The molecule has 22 heavy (non-hydrogen) atoms. The zero-order chi connectivity index (χ0) is 15.4. The highest BCUT2D eigenvalue weighted by molar-refractivity contribution is 5.50. The molecule has 5 heteroatoms. The maximum Gasteiger partial charge on any atom is 0.128 e. The molecular formula is C17H12N2O3. The summed E-state index contributed by atoms with van der Waals surface area (Å²) < 4.78 is 16.3. The van der Waals surface area contributed by atoms with Crippen LogP contribution in [0.25, 0.3) is 0 Å². The van der Waals surface area contributed by atoms with Crippen molar-refractivity contribution in [3.8, 4) is 29.4 Å². The third kappa shape index (κ3) is 3.35. The van der Waals surface area contributed by atoms with Gasteiger partial charge in [-0.2, -0.15) is 10.5 Å². The highest BCUT2D eigenvalue weighted by atomic mass is 16.6. The first-order chi connectivity index (χ1) is 10.8. The Bertz CT molecular complexity index is 753. The van der Waals surface area contributed by atoms with Gasteiger partial charge in [-0.25, -0.2) is 0 Å². The molecule has 0 aromatic heterocycles. The molecule has 1 heterocycles. The molecule has 0 spiro atoms. The van der Waals surface area contributed by atoms with Gasteiger partial charge in [0, 0.05) is 0 Å². The normalized spacial score (nSPS) is 15.5. The number of nitriles is 2. The first-order valence-electron chi connectivity index (χ1n) is 6.75. The lowest BCUT2D eigenvalue weighted by molar-refractivity contribution is 0.263. The average Bonchev–Trinajstić information content (AvgIpc) is 3.38. The van der Waals surface area contributed by atoms with E-state index in [0.29, 0.717) is 29.2 Å². The molecule has 1 saturated heterocycles. The van der Waals surface area contributed by atoms with E-state index in [1.54, 1.807) is 30.3 Å². The van der Waals surface area contributed by atoms with Crippen LogP contribution in [-0.4, -0.2) is 19.3 Å². The Morgan fingerprint density at radius 2 is 1.59 bits per heavy atom. The summed E-state index contributed by atoms with van der Waals surface area (Å²) in [5.74, 6) is 1.89. The molecule has 0 aliphatic carbocycles. The second-order valence-electron chi connectivity index (χ2n) is 4.77. The molecule has 0 bridgehead atoms. The van der Waals surface area contributed by atoms with E-state index in [-0.39, 0.29) is 6.10 Å². The first-order valence-corrected chi connectivity index (χ1v) is 6.75. The van der Waals surface area contributed by atoms with Crippen molar-refractivity contribution >= 4 is 0 Å². The molecule has 108 valence electrons. The van der Waals surface area contributed by atoms with Gasteiger partial charge in [-0.1, -0.05) is 0 Å². The van der Waals surface area contributed by atoms with Crippen LogP contribution in [0.2, 0.25) is 0 Å². The topological polar surface area (TPSA) is 78.6 Å². The Morgan fingerprint density at radius 3 is 2.23 bits per heavy atom. The lowest BCUT2D eigenvalue weighted by atomic mass is 10.1. The molecule has 1 fully saturated rings. The highest BCUT2D eigenvalue weighted by Gasteiger charge is 2.22. The van der Waals surface area contributed by atoms with E-state index in [4.69, 9.17) is 24.7 Å². The molecule has 1 atom stereocenters. The fourth-order valence-corrected chi connectivity index (χ4v) is 1.87. The molecule has 1 unspecified atom stereocenters. The highest BCUT2D eigenvalue weighted by Crippen LogP contribution is 2.26. The summed E-state index contributed by atoms with van der Waals surface area (Å²) in [6, 6.07) is 15.9. The van der Waals surface area contributed by atoms with Crippen LogP contribution in [0.3, 0.4) is 0 Å². The van der Waals surface area contributed by atoms with Crippen molar-refractivity contribution in [1.82, 2.24) is 0 Å². The zero-order valence-corrected chi connectivity index (χ0v) is 11.7. The van der Waals surface area contributed by atoms with Crippen molar-refractivity contribution in [1.29, 1.82) is 10.5 Å². The molecule has 0 amide bonds. The minimum absolute atomic E-state index is 0.221. The van der Waals surface area contributed by atoms with E-state index in [0.717, 1.165) is 12.4 Å². The molecule has 2 aromatic carbocycles. The van der Waals surface area contributed by atoms with Crippen LogP contribution >= 0.6 is 0 Å². The molecular weight excluding hydrogens is 280 g/mol. The molecule has 1 aliphatic rings. The number of ether oxygens (including phenoxy) is 3. The first kappa shape index (κ1) is 13.9. The van der Waals surface area contributed by atoms with Crippen LogP contribution in [-0.2, 0) is 4.74 Å². The smallest absolute Gasteiger partial charge is 0.128 e. The van der Waals surface area contributed by atoms with E-state index in [2.05, 4.69) is 0 Å². The number of nitrogens with zero attached hydrogens (tertiary/aromatic N) is 2. The second-order valence-corrected chi connectivity index (χ2v) is 4.77. The van der Waals surface area contributed by atoms with Crippen molar-refractivity contribution in [3.63, 3.8) is 0 Å². The van der Waals surface area contributed by atoms with Gasteiger partial charge in [0.25, 0.3) is 0 Å². The van der Waals surface area contributed by atoms with Gasteiger partial charge >= 0.3 is 0 Å². The molecule has 2 aromatic rings. The predicted octanol–water partition coefficient (Wildman–Crippen LogP) is 3.00. The minimum Gasteiger partial charge on any atom is -0.491 e. The van der Waals surface area contributed by atoms with Gasteiger partial charge in [-0.05, 0) is 42.5 Å². The van der Waals surface area contributed by atoms with Crippen LogP contribution in [0.1, 0.15) is 11.1 Å². The Hall–Kier alpha value is -3.02. The van der Waals surface area contributed by atoms with E-state index in [1.165, 1.54) is 0 Å². The molecule has 5 nitrogen and oxygen atoms in total. The van der Waals surface area contributed by atoms with Crippen LogP contribution in [0.4, 0.5) is 0 Å². The van der Waals surface area contributed by atoms with Gasteiger partial charge in [0.2, 0.25) is 0 Å². The van der Waals surface area contributed by atoms with Gasteiger partial charge in [-0.15, -0.1) is 0 Å². The van der Waals surface area contributed by atoms with Crippen molar-refractivity contribution in [2.75, 3.05) is 13.2 Å². The van der Waals surface area contributed by atoms with Gasteiger partial charge in [0.1, 0.15) is 42.1 Å². The number of hydrogen-bond acceptors (Lipinski definition) is 5. The van der Waals surface area contributed by atoms with E-state index >= 15 is 0 Å². The third-order valence-corrected chi connectivity index (χ3v) is 3.13.